The van der Waals surface area contributed by atoms with Crippen LogP contribution >= 0.6 is 0 Å². The van der Waals surface area contributed by atoms with Crippen molar-refractivity contribution in [2.45, 2.75) is 6.92 Å². The topological polar surface area (TPSA) is 95.7 Å². The first-order valence-corrected chi connectivity index (χ1v) is 2.51. The lowest BCUT2D eigenvalue weighted by atomic mass is 9.95. The molecular weight excluding hydrogens is 122 g/mol. The molecule has 0 aromatic rings. The van der Waals surface area contributed by atoms with Gasteiger partial charge >= 0.3 is 0 Å². The van der Waals surface area contributed by atoms with Gasteiger partial charge in [0.25, 0.3) is 0 Å². The van der Waals surface area contributed by atoms with Crippen molar-refractivity contribution in [2.75, 3.05) is 19.8 Å². The van der Waals surface area contributed by atoms with Crippen LogP contribution < -0.4 is 6.15 Å². The van der Waals surface area contributed by atoms with E-state index in [1.54, 1.807) is 6.92 Å². The number of aliphatic hydroxyl groups excluding tert-OH is 3. The summed E-state index contributed by atoms with van der Waals surface area (Å²) in [7, 11) is 0. The third-order valence-electron chi connectivity index (χ3n) is 1.15. The van der Waals surface area contributed by atoms with E-state index >= 15 is 0 Å². The molecule has 0 rings (SSSR count). The molecule has 0 aromatic heterocycles. The SMILES string of the molecule is CC(CO)(CO)CO.N. The lowest BCUT2D eigenvalue weighted by Gasteiger charge is -2.20. The van der Waals surface area contributed by atoms with E-state index in [4.69, 9.17) is 15.3 Å². The molecule has 0 radical (unpaired) electrons. The molecule has 58 valence electrons. The monoisotopic (exact) mass is 137 g/mol. The Morgan fingerprint density at radius 2 is 1.22 bits per heavy atom. The minimum absolute atomic E-state index is 0. The van der Waals surface area contributed by atoms with E-state index in [1.165, 1.54) is 0 Å². The molecule has 0 aromatic carbocycles. The number of hydrogen-bond acceptors (Lipinski definition) is 4. The van der Waals surface area contributed by atoms with Gasteiger partial charge < -0.3 is 21.5 Å². The van der Waals surface area contributed by atoms with Crippen LogP contribution in [-0.4, -0.2) is 35.1 Å². The predicted molar refractivity (Wildman–Crippen MR) is 34.4 cm³/mol. The third-order valence-corrected chi connectivity index (χ3v) is 1.15. The highest BCUT2D eigenvalue weighted by Crippen LogP contribution is 2.10. The zero-order chi connectivity index (χ0) is 6.62. The fourth-order valence-corrected chi connectivity index (χ4v) is 0.150. The summed E-state index contributed by atoms with van der Waals surface area (Å²) in [5.74, 6) is 0. The third kappa shape index (κ3) is 3.42. The molecule has 0 amide bonds. The van der Waals surface area contributed by atoms with Gasteiger partial charge in [0, 0.05) is 5.41 Å². The molecule has 0 saturated carbocycles. The van der Waals surface area contributed by atoms with E-state index in [2.05, 4.69) is 0 Å². The Hall–Kier alpha value is -0.160. The van der Waals surface area contributed by atoms with Gasteiger partial charge in [0.15, 0.2) is 0 Å². The lowest BCUT2D eigenvalue weighted by Crippen LogP contribution is -2.29. The second-order valence-electron chi connectivity index (χ2n) is 2.29. The molecule has 0 aliphatic carbocycles. The number of hydrogen-bond donors (Lipinski definition) is 4. The Balaban J connectivity index is 0. The Morgan fingerprint density at radius 3 is 1.22 bits per heavy atom. The molecule has 0 atom stereocenters. The summed E-state index contributed by atoms with van der Waals surface area (Å²) >= 11 is 0. The van der Waals surface area contributed by atoms with Gasteiger partial charge in [-0.3, -0.25) is 0 Å². The molecule has 0 spiro atoms. The molecule has 0 saturated heterocycles. The largest absolute Gasteiger partial charge is 0.396 e. The van der Waals surface area contributed by atoms with Crippen molar-refractivity contribution in [1.29, 1.82) is 0 Å². The van der Waals surface area contributed by atoms with Crippen LogP contribution in [0.4, 0.5) is 0 Å². The van der Waals surface area contributed by atoms with Crippen molar-refractivity contribution in [3.05, 3.63) is 0 Å². The average molecular weight is 137 g/mol. The van der Waals surface area contributed by atoms with Crippen LogP contribution in [0.3, 0.4) is 0 Å². The molecule has 4 nitrogen and oxygen atoms in total. The minimum atomic E-state index is -0.708. The van der Waals surface area contributed by atoms with Gasteiger partial charge in [0.2, 0.25) is 0 Å². The van der Waals surface area contributed by atoms with Crippen LogP contribution in [0.2, 0.25) is 0 Å². The van der Waals surface area contributed by atoms with Gasteiger partial charge in [0.1, 0.15) is 0 Å². The normalized spacial score (nSPS) is 10.7. The van der Waals surface area contributed by atoms with Crippen molar-refractivity contribution in [1.82, 2.24) is 6.15 Å². The molecule has 4 heteroatoms. The summed E-state index contributed by atoms with van der Waals surface area (Å²) in [5.41, 5.74) is -0.708. The Kier molecular flexibility index (Phi) is 6.06. The lowest BCUT2D eigenvalue weighted by molar-refractivity contribution is 0.0200. The van der Waals surface area contributed by atoms with Gasteiger partial charge in [-0.05, 0) is 0 Å². The molecule has 9 heavy (non-hydrogen) atoms. The van der Waals surface area contributed by atoms with Crippen LogP contribution in [-0.2, 0) is 0 Å². The molecule has 0 bridgehead atoms. The summed E-state index contributed by atoms with van der Waals surface area (Å²) in [6.07, 6.45) is 0. The van der Waals surface area contributed by atoms with E-state index < -0.39 is 5.41 Å². The minimum Gasteiger partial charge on any atom is -0.396 e. The van der Waals surface area contributed by atoms with E-state index in [0.29, 0.717) is 0 Å². The van der Waals surface area contributed by atoms with Gasteiger partial charge in [-0.2, -0.15) is 0 Å². The Morgan fingerprint density at radius 1 is 1.00 bits per heavy atom. The second-order valence-corrected chi connectivity index (χ2v) is 2.29. The maximum absolute atomic E-state index is 8.47. The van der Waals surface area contributed by atoms with Crippen molar-refractivity contribution >= 4 is 0 Å². The molecule has 0 unspecified atom stereocenters. The van der Waals surface area contributed by atoms with Crippen molar-refractivity contribution in [3.8, 4) is 0 Å². The summed E-state index contributed by atoms with van der Waals surface area (Å²) < 4.78 is 0. The fraction of sp³-hybridized carbons (Fsp3) is 1.00. The maximum Gasteiger partial charge on any atom is 0.0528 e. The molecule has 6 N–H and O–H groups in total. The van der Waals surface area contributed by atoms with Crippen LogP contribution in [0.15, 0.2) is 0 Å². The number of rotatable bonds is 3. The average Bonchev–Trinajstić information content (AvgIpc) is 1.87. The second kappa shape index (κ2) is 4.69. The zero-order valence-electron chi connectivity index (χ0n) is 5.67. The maximum atomic E-state index is 8.47. The molecule has 0 fully saturated rings. The van der Waals surface area contributed by atoms with E-state index in [-0.39, 0.29) is 26.0 Å². The van der Waals surface area contributed by atoms with Gasteiger partial charge in [0.05, 0.1) is 19.8 Å². The quantitative estimate of drug-likeness (QED) is 0.406. The van der Waals surface area contributed by atoms with Crippen molar-refractivity contribution in [3.63, 3.8) is 0 Å². The van der Waals surface area contributed by atoms with Crippen molar-refractivity contribution < 1.29 is 15.3 Å². The Labute approximate surface area is 54.7 Å². The molecule has 0 aliphatic heterocycles. The first kappa shape index (κ1) is 11.6. The van der Waals surface area contributed by atoms with Crippen LogP contribution in [0.1, 0.15) is 6.92 Å². The summed E-state index contributed by atoms with van der Waals surface area (Å²) in [6, 6.07) is 0. The summed E-state index contributed by atoms with van der Waals surface area (Å²) in [6.45, 7) is 1.06. The molecule has 0 heterocycles. The van der Waals surface area contributed by atoms with Crippen LogP contribution in [0.5, 0.6) is 0 Å². The van der Waals surface area contributed by atoms with E-state index in [0.717, 1.165) is 0 Å². The van der Waals surface area contributed by atoms with Gasteiger partial charge in [-0.1, -0.05) is 6.92 Å². The number of aliphatic hydroxyl groups is 3. The fourth-order valence-electron chi connectivity index (χ4n) is 0.150. The first-order valence-electron chi connectivity index (χ1n) is 2.51. The summed E-state index contributed by atoms with van der Waals surface area (Å²) in [4.78, 5) is 0. The standard InChI is InChI=1S/C5H12O3.H3N/c1-5(2-6,3-7)4-8;/h6-8H,2-4H2,1H3;1H3. The highest BCUT2D eigenvalue weighted by molar-refractivity contribution is 4.69. The van der Waals surface area contributed by atoms with Crippen LogP contribution in [0.25, 0.3) is 0 Å². The molecule has 0 aliphatic rings. The van der Waals surface area contributed by atoms with Gasteiger partial charge in [-0.25, -0.2) is 0 Å². The smallest absolute Gasteiger partial charge is 0.0528 e. The van der Waals surface area contributed by atoms with Crippen LogP contribution in [0, 0.1) is 5.41 Å². The summed E-state index contributed by atoms with van der Waals surface area (Å²) in [5, 5.41) is 25.4. The Bertz CT molecular complexity index is 55.0. The zero-order valence-corrected chi connectivity index (χ0v) is 5.67. The first-order chi connectivity index (χ1) is 3.68. The predicted octanol–water partition coefficient (Wildman–Crippen LogP) is -0.868. The highest BCUT2D eigenvalue weighted by Gasteiger charge is 2.20. The highest BCUT2D eigenvalue weighted by atomic mass is 16.3. The van der Waals surface area contributed by atoms with E-state index in [9.17, 15) is 0 Å². The molecular formula is C5H15NO3. The van der Waals surface area contributed by atoms with E-state index in [1.807, 2.05) is 0 Å². The van der Waals surface area contributed by atoms with Gasteiger partial charge in [-0.15, -0.1) is 0 Å². The van der Waals surface area contributed by atoms with Crippen molar-refractivity contribution in [2.24, 2.45) is 5.41 Å².